The molecule has 2 rings (SSSR count). The SMILES string of the molecule is COc1ccccc1[C@H](COC(=O)CCC(=O)O)OC1CCC(=O)CC1. The Morgan fingerprint density at radius 3 is 2.54 bits per heavy atom. The lowest BCUT2D eigenvalue weighted by Gasteiger charge is -2.28. The molecule has 0 aromatic heterocycles. The Morgan fingerprint density at radius 2 is 1.88 bits per heavy atom. The summed E-state index contributed by atoms with van der Waals surface area (Å²) in [7, 11) is 1.55. The number of methoxy groups -OCH3 is 1. The van der Waals surface area contributed by atoms with Gasteiger partial charge in [0, 0.05) is 18.4 Å². The van der Waals surface area contributed by atoms with E-state index in [4.69, 9.17) is 19.3 Å². The largest absolute Gasteiger partial charge is 0.496 e. The van der Waals surface area contributed by atoms with E-state index in [-0.39, 0.29) is 31.3 Å². The predicted molar refractivity (Wildman–Crippen MR) is 91.9 cm³/mol. The van der Waals surface area contributed by atoms with Crippen molar-refractivity contribution in [2.45, 2.75) is 50.7 Å². The van der Waals surface area contributed by atoms with Crippen LogP contribution in [0.15, 0.2) is 24.3 Å². The number of carbonyl (C=O) groups is 3. The molecule has 1 aliphatic carbocycles. The quantitative estimate of drug-likeness (QED) is 0.673. The Bertz CT molecular complexity index is 631. The molecule has 0 unspecified atom stereocenters. The van der Waals surface area contributed by atoms with E-state index in [1.54, 1.807) is 13.2 Å². The lowest BCUT2D eigenvalue weighted by molar-refractivity contribution is -0.153. The lowest BCUT2D eigenvalue weighted by Crippen LogP contribution is -2.26. The summed E-state index contributed by atoms with van der Waals surface area (Å²) < 4.78 is 16.7. The molecule has 0 saturated heterocycles. The van der Waals surface area contributed by atoms with Crippen molar-refractivity contribution >= 4 is 17.7 Å². The summed E-state index contributed by atoms with van der Waals surface area (Å²) in [6.07, 6.45) is 1.15. The fraction of sp³-hybridized carbons (Fsp3) is 0.526. The molecule has 142 valence electrons. The number of ketones is 1. The van der Waals surface area contributed by atoms with Crippen molar-refractivity contribution in [3.8, 4) is 5.75 Å². The van der Waals surface area contributed by atoms with E-state index >= 15 is 0 Å². The summed E-state index contributed by atoms with van der Waals surface area (Å²) >= 11 is 0. The molecule has 1 aromatic rings. The summed E-state index contributed by atoms with van der Waals surface area (Å²) in [5.41, 5.74) is 0.748. The highest BCUT2D eigenvalue weighted by atomic mass is 16.6. The smallest absolute Gasteiger partial charge is 0.306 e. The number of Topliss-reactive ketones (excluding diaryl/α,β-unsaturated/α-hetero) is 1. The first-order chi connectivity index (χ1) is 12.5. The third-order valence-electron chi connectivity index (χ3n) is 4.27. The zero-order valence-electron chi connectivity index (χ0n) is 14.8. The fourth-order valence-corrected chi connectivity index (χ4v) is 2.87. The molecule has 1 aliphatic rings. The van der Waals surface area contributed by atoms with Crippen LogP contribution in [-0.4, -0.2) is 42.6 Å². The molecule has 7 nitrogen and oxygen atoms in total. The Morgan fingerprint density at radius 1 is 1.19 bits per heavy atom. The third-order valence-corrected chi connectivity index (χ3v) is 4.27. The van der Waals surface area contributed by atoms with Crippen LogP contribution < -0.4 is 4.74 Å². The van der Waals surface area contributed by atoms with Crippen LogP contribution in [0.25, 0.3) is 0 Å². The van der Waals surface area contributed by atoms with Crippen LogP contribution in [0.4, 0.5) is 0 Å². The van der Waals surface area contributed by atoms with Gasteiger partial charge in [0.15, 0.2) is 0 Å². The molecule has 0 amide bonds. The van der Waals surface area contributed by atoms with Gasteiger partial charge in [-0.15, -0.1) is 0 Å². The van der Waals surface area contributed by atoms with Gasteiger partial charge in [0.1, 0.15) is 24.2 Å². The number of hydrogen-bond donors (Lipinski definition) is 1. The number of carbonyl (C=O) groups excluding carboxylic acids is 2. The second kappa shape index (κ2) is 9.91. The normalized spacial score (nSPS) is 16.1. The summed E-state index contributed by atoms with van der Waals surface area (Å²) in [4.78, 5) is 33.7. The molecule has 7 heteroatoms. The zero-order chi connectivity index (χ0) is 18.9. The number of carboxylic acid groups (broad SMARTS) is 1. The van der Waals surface area contributed by atoms with Gasteiger partial charge in [-0.25, -0.2) is 0 Å². The molecule has 0 heterocycles. The van der Waals surface area contributed by atoms with Crippen molar-refractivity contribution in [2.75, 3.05) is 13.7 Å². The van der Waals surface area contributed by atoms with Crippen LogP contribution in [0.2, 0.25) is 0 Å². The van der Waals surface area contributed by atoms with E-state index < -0.39 is 18.0 Å². The minimum absolute atomic E-state index is 0.0384. The Kier molecular flexibility index (Phi) is 7.59. The molecule has 0 radical (unpaired) electrons. The number of ether oxygens (including phenoxy) is 3. The lowest BCUT2D eigenvalue weighted by atomic mass is 9.96. The van der Waals surface area contributed by atoms with Crippen LogP contribution >= 0.6 is 0 Å². The molecule has 1 N–H and O–H groups in total. The van der Waals surface area contributed by atoms with Crippen molar-refractivity contribution in [3.63, 3.8) is 0 Å². The minimum atomic E-state index is -1.05. The maximum Gasteiger partial charge on any atom is 0.306 e. The van der Waals surface area contributed by atoms with Crippen molar-refractivity contribution < 1.29 is 33.7 Å². The number of rotatable bonds is 9. The third kappa shape index (κ3) is 6.15. The van der Waals surface area contributed by atoms with E-state index in [9.17, 15) is 14.4 Å². The highest BCUT2D eigenvalue weighted by molar-refractivity contribution is 5.79. The van der Waals surface area contributed by atoms with Gasteiger partial charge in [-0.2, -0.15) is 0 Å². The standard InChI is InChI=1S/C19H24O7/c1-24-16-5-3-2-4-15(16)17(12-25-19(23)11-10-18(21)22)26-14-8-6-13(20)7-9-14/h2-5,14,17H,6-12H2,1H3,(H,21,22)/t17-/m0/s1. The van der Waals surface area contributed by atoms with Gasteiger partial charge in [-0.05, 0) is 18.9 Å². The fourth-order valence-electron chi connectivity index (χ4n) is 2.87. The highest BCUT2D eigenvalue weighted by Gasteiger charge is 2.26. The number of para-hydroxylation sites is 1. The number of carboxylic acids is 1. The van der Waals surface area contributed by atoms with Crippen molar-refractivity contribution in [3.05, 3.63) is 29.8 Å². The molecule has 1 aromatic carbocycles. The molecule has 1 atom stereocenters. The van der Waals surface area contributed by atoms with Gasteiger partial charge in [-0.1, -0.05) is 18.2 Å². The molecule has 1 saturated carbocycles. The first-order valence-corrected chi connectivity index (χ1v) is 8.67. The predicted octanol–water partition coefficient (Wildman–Crippen LogP) is 2.67. The monoisotopic (exact) mass is 364 g/mol. The summed E-state index contributed by atoms with van der Waals surface area (Å²) in [6, 6.07) is 7.30. The van der Waals surface area contributed by atoms with Crippen molar-refractivity contribution in [1.29, 1.82) is 0 Å². The van der Waals surface area contributed by atoms with Gasteiger partial charge in [-0.3, -0.25) is 14.4 Å². The second-order valence-corrected chi connectivity index (χ2v) is 6.18. The molecular weight excluding hydrogens is 340 g/mol. The van der Waals surface area contributed by atoms with E-state index in [2.05, 4.69) is 0 Å². The maximum absolute atomic E-state index is 11.8. The van der Waals surface area contributed by atoms with Gasteiger partial charge in [0.05, 0.1) is 26.1 Å². The second-order valence-electron chi connectivity index (χ2n) is 6.18. The maximum atomic E-state index is 11.8. The van der Waals surface area contributed by atoms with Gasteiger partial charge in [0.25, 0.3) is 0 Å². The van der Waals surface area contributed by atoms with Crippen LogP contribution in [0, 0.1) is 0 Å². The molecule has 26 heavy (non-hydrogen) atoms. The zero-order valence-corrected chi connectivity index (χ0v) is 14.8. The van der Waals surface area contributed by atoms with Gasteiger partial charge >= 0.3 is 11.9 Å². The number of esters is 1. The van der Waals surface area contributed by atoms with Crippen molar-refractivity contribution in [1.82, 2.24) is 0 Å². The summed E-state index contributed by atoms with van der Waals surface area (Å²) in [5.74, 6) is -0.786. The Labute approximate surface area is 152 Å². The number of hydrogen-bond acceptors (Lipinski definition) is 6. The van der Waals surface area contributed by atoms with Gasteiger partial charge < -0.3 is 19.3 Å². The first kappa shape index (κ1) is 19.9. The average Bonchev–Trinajstić information content (AvgIpc) is 2.65. The summed E-state index contributed by atoms with van der Waals surface area (Å²) in [5, 5.41) is 8.65. The number of aliphatic carboxylic acids is 1. The van der Waals surface area contributed by atoms with E-state index in [1.807, 2.05) is 18.2 Å². The van der Waals surface area contributed by atoms with E-state index in [0.29, 0.717) is 31.4 Å². The number of benzene rings is 1. The first-order valence-electron chi connectivity index (χ1n) is 8.67. The highest BCUT2D eigenvalue weighted by Crippen LogP contribution is 2.31. The Hall–Kier alpha value is -2.41. The topological polar surface area (TPSA) is 99.1 Å². The van der Waals surface area contributed by atoms with E-state index in [1.165, 1.54) is 0 Å². The molecule has 0 aliphatic heterocycles. The Balaban J connectivity index is 2.04. The van der Waals surface area contributed by atoms with Gasteiger partial charge in [0.2, 0.25) is 0 Å². The molecule has 1 fully saturated rings. The van der Waals surface area contributed by atoms with E-state index in [0.717, 1.165) is 5.56 Å². The molecule has 0 spiro atoms. The van der Waals surface area contributed by atoms with Crippen molar-refractivity contribution in [2.24, 2.45) is 0 Å². The molecular formula is C19H24O7. The van der Waals surface area contributed by atoms with Crippen LogP contribution in [0.3, 0.4) is 0 Å². The van der Waals surface area contributed by atoms with Crippen LogP contribution in [0.1, 0.15) is 50.2 Å². The van der Waals surface area contributed by atoms with Crippen LogP contribution in [-0.2, 0) is 23.9 Å². The average molecular weight is 364 g/mol. The minimum Gasteiger partial charge on any atom is -0.496 e. The summed E-state index contributed by atoms with van der Waals surface area (Å²) in [6.45, 7) is -0.0384. The molecule has 0 bridgehead atoms. The van der Waals surface area contributed by atoms with Crippen LogP contribution in [0.5, 0.6) is 5.75 Å².